The van der Waals surface area contributed by atoms with Gasteiger partial charge in [0, 0.05) is 0 Å². The molecular weight excluding hydrogens is 533 g/mol. The molecule has 218 valence electrons. The maximum absolute atomic E-state index is 2.56. The van der Waals surface area contributed by atoms with E-state index in [9.17, 15) is 0 Å². The van der Waals surface area contributed by atoms with E-state index >= 15 is 0 Å². The molecule has 0 heterocycles. The van der Waals surface area contributed by atoms with Crippen LogP contribution in [0.3, 0.4) is 0 Å². The van der Waals surface area contributed by atoms with Crippen molar-refractivity contribution in [3.63, 3.8) is 0 Å². The fourth-order valence-electron chi connectivity index (χ4n) is 6.68. The molecule has 0 bridgehead atoms. The van der Waals surface area contributed by atoms with Gasteiger partial charge in [-0.3, -0.25) is 0 Å². The molecule has 0 atom stereocenters. The summed E-state index contributed by atoms with van der Waals surface area (Å²) in [5.41, 5.74) is 10.9. The van der Waals surface area contributed by atoms with Crippen LogP contribution in [-0.4, -0.2) is 8.07 Å². The van der Waals surface area contributed by atoms with Gasteiger partial charge in [-0.1, -0.05) is 157 Å². The summed E-state index contributed by atoms with van der Waals surface area (Å²) < 4.78 is 0. The fourth-order valence-corrected chi connectivity index (χ4v) is 8.00. The van der Waals surface area contributed by atoms with Crippen molar-refractivity contribution >= 4 is 25.3 Å². The van der Waals surface area contributed by atoms with Gasteiger partial charge >= 0.3 is 0 Å². The predicted molar refractivity (Wildman–Crippen MR) is 189 cm³/mol. The molecule has 1 heteroatoms. The number of fused-ring (bicyclic) bond motifs is 2. The Labute approximate surface area is 259 Å². The first-order valence-electron chi connectivity index (χ1n) is 15.8. The summed E-state index contributed by atoms with van der Waals surface area (Å²) in [5.74, 6) is 0. The summed E-state index contributed by atoms with van der Waals surface area (Å²) in [6.07, 6.45) is 8.54. The Balaban J connectivity index is 1.89. The van der Waals surface area contributed by atoms with Crippen molar-refractivity contribution in [2.75, 3.05) is 0 Å². The van der Waals surface area contributed by atoms with E-state index in [2.05, 4.69) is 164 Å². The summed E-state index contributed by atoms with van der Waals surface area (Å²) in [4.78, 5) is 0. The topological polar surface area (TPSA) is 0 Å². The lowest BCUT2D eigenvalue weighted by molar-refractivity contribution is 0.584. The van der Waals surface area contributed by atoms with E-state index in [-0.39, 0.29) is 10.8 Å². The molecule has 0 aliphatic heterocycles. The largest absolute Gasteiger partial charge is 0.0808 e. The highest BCUT2D eigenvalue weighted by atomic mass is 28.3. The zero-order chi connectivity index (χ0) is 30.7. The summed E-state index contributed by atoms with van der Waals surface area (Å²) in [6.45, 7) is 21.5. The smallest absolute Gasteiger partial charge is 0.0772 e. The van der Waals surface area contributed by atoms with Gasteiger partial charge in [-0.25, -0.2) is 0 Å². The molecule has 2 aliphatic rings. The Morgan fingerprint density at radius 1 is 0.651 bits per heavy atom. The summed E-state index contributed by atoms with van der Waals surface area (Å²) in [5, 5.41) is 7.04. The first-order valence-corrected chi connectivity index (χ1v) is 19.3. The molecular formula is C42H46Si. The number of hydrogen-bond donors (Lipinski definition) is 0. The molecule has 0 radical (unpaired) electrons. The van der Waals surface area contributed by atoms with Crippen molar-refractivity contribution in [2.45, 2.75) is 78.4 Å². The molecule has 6 rings (SSSR count). The van der Waals surface area contributed by atoms with E-state index in [0.717, 1.165) is 6.42 Å². The lowest BCUT2D eigenvalue weighted by atomic mass is 9.78. The molecule has 0 amide bonds. The standard InChI is InChI=1S/C42H46Si/c1-41(2,3)32-22-20-30-25-36-35(34(30)26-32)27-37(42(4,5)6)40(39(36)31-21-23-33(24-31)43(7,8)9)38(28-16-12-10-13-17-28)29-18-14-11-15-19-29/h10-20,22-27H,21H2,1-9H3. The van der Waals surface area contributed by atoms with Crippen LogP contribution in [-0.2, 0) is 10.8 Å². The molecule has 0 nitrogen and oxygen atoms in total. The molecule has 4 aromatic carbocycles. The quantitative estimate of drug-likeness (QED) is 0.186. The molecule has 0 aromatic heterocycles. The second-order valence-corrected chi connectivity index (χ2v) is 20.5. The van der Waals surface area contributed by atoms with Crippen molar-refractivity contribution in [1.82, 2.24) is 0 Å². The van der Waals surface area contributed by atoms with E-state index in [1.165, 1.54) is 65.4 Å². The molecule has 4 aromatic rings. The number of allylic oxidation sites excluding steroid dienone is 4. The lowest BCUT2D eigenvalue weighted by Crippen LogP contribution is -2.29. The highest BCUT2D eigenvalue weighted by molar-refractivity contribution is 6.84. The van der Waals surface area contributed by atoms with Crippen LogP contribution in [0, 0.1) is 10.4 Å². The monoisotopic (exact) mass is 578 g/mol. The van der Waals surface area contributed by atoms with Gasteiger partial charge in [0.25, 0.3) is 0 Å². The van der Waals surface area contributed by atoms with Gasteiger partial charge in [0.15, 0.2) is 0 Å². The average molecular weight is 579 g/mol. The van der Waals surface area contributed by atoms with E-state index in [1.54, 1.807) is 5.20 Å². The number of hydrogen-bond acceptors (Lipinski definition) is 0. The Morgan fingerprint density at radius 3 is 1.77 bits per heavy atom. The second kappa shape index (κ2) is 10.5. The molecule has 0 unspecified atom stereocenters. The number of rotatable bonds is 4. The minimum atomic E-state index is -1.47. The lowest BCUT2D eigenvalue weighted by Gasteiger charge is -2.26. The first kappa shape index (κ1) is 29.4. The van der Waals surface area contributed by atoms with Crippen LogP contribution in [0.2, 0.25) is 19.6 Å². The van der Waals surface area contributed by atoms with Crippen molar-refractivity contribution < 1.29 is 0 Å². The molecule has 0 saturated carbocycles. The molecule has 0 fully saturated rings. The van der Waals surface area contributed by atoms with Gasteiger partial charge in [-0.05, 0) is 94.8 Å². The van der Waals surface area contributed by atoms with Crippen LogP contribution in [0.1, 0.15) is 81.3 Å². The van der Waals surface area contributed by atoms with Crippen molar-refractivity contribution in [1.29, 1.82) is 0 Å². The third kappa shape index (κ3) is 5.45. The highest BCUT2D eigenvalue weighted by Gasteiger charge is 2.28. The van der Waals surface area contributed by atoms with Crippen LogP contribution >= 0.6 is 0 Å². The van der Waals surface area contributed by atoms with Crippen LogP contribution in [0.4, 0.5) is 0 Å². The Hall–Kier alpha value is -3.68. The Kier molecular flexibility index (Phi) is 7.17. The van der Waals surface area contributed by atoms with E-state index in [0.29, 0.717) is 0 Å². The Bertz CT molecular complexity index is 1960. The van der Waals surface area contributed by atoms with Gasteiger partial charge in [0.1, 0.15) is 0 Å². The third-order valence-electron chi connectivity index (χ3n) is 9.12. The van der Waals surface area contributed by atoms with E-state index < -0.39 is 8.07 Å². The van der Waals surface area contributed by atoms with E-state index in [4.69, 9.17) is 0 Å². The normalized spacial score (nSPS) is 14.5. The van der Waals surface area contributed by atoms with Crippen molar-refractivity contribution in [3.05, 3.63) is 157 Å². The van der Waals surface area contributed by atoms with Crippen molar-refractivity contribution in [3.8, 4) is 0 Å². The van der Waals surface area contributed by atoms with Gasteiger partial charge < -0.3 is 0 Å². The summed E-state index contributed by atoms with van der Waals surface area (Å²) >= 11 is 0. The van der Waals surface area contributed by atoms with Gasteiger partial charge in [-0.15, -0.1) is 0 Å². The third-order valence-corrected chi connectivity index (χ3v) is 11.2. The number of benzene rings is 4. The van der Waals surface area contributed by atoms with Crippen LogP contribution in [0.15, 0.2) is 102 Å². The second-order valence-electron chi connectivity index (χ2n) is 15.5. The zero-order valence-electron chi connectivity index (χ0n) is 27.5. The van der Waals surface area contributed by atoms with Gasteiger partial charge in [0.05, 0.1) is 8.07 Å². The van der Waals surface area contributed by atoms with Gasteiger partial charge in [-0.2, -0.15) is 0 Å². The maximum Gasteiger partial charge on any atom is 0.0772 e. The molecule has 43 heavy (non-hydrogen) atoms. The zero-order valence-corrected chi connectivity index (χ0v) is 28.5. The van der Waals surface area contributed by atoms with Crippen LogP contribution in [0.5, 0.6) is 0 Å². The minimum absolute atomic E-state index is 0.0630. The molecule has 0 saturated heterocycles. The highest BCUT2D eigenvalue weighted by Crippen LogP contribution is 2.37. The van der Waals surface area contributed by atoms with Crippen LogP contribution in [0.25, 0.3) is 17.2 Å². The fraction of sp³-hybridized carbons (Fsp3) is 0.286. The first-order chi connectivity index (χ1) is 20.2. The SMILES string of the molecule is CC(C)(C)c1ccc2c(c1)=c1cc(C(C)(C)C)c(=C(c3ccccc3)c3ccccc3)c(C3=CC([Si](C)(C)C)=CC3)c1C=2. The molecule has 0 N–H and O–H groups in total. The van der Waals surface area contributed by atoms with Crippen molar-refractivity contribution in [2.24, 2.45) is 0 Å². The molecule has 0 spiro atoms. The molecule has 2 aliphatic carbocycles. The van der Waals surface area contributed by atoms with Gasteiger partial charge in [0.2, 0.25) is 0 Å². The Morgan fingerprint density at radius 2 is 1.26 bits per heavy atom. The average Bonchev–Trinajstić information content (AvgIpc) is 3.58. The summed E-state index contributed by atoms with van der Waals surface area (Å²) in [6, 6.07) is 31.8. The summed E-state index contributed by atoms with van der Waals surface area (Å²) in [7, 11) is -1.47. The predicted octanol–water partition coefficient (Wildman–Crippen LogP) is 9.55. The van der Waals surface area contributed by atoms with Crippen LogP contribution < -0.4 is 10.4 Å². The minimum Gasteiger partial charge on any atom is -0.0808 e. The van der Waals surface area contributed by atoms with E-state index in [1.807, 2.05) is 0 Å². The maximum atomic E-state index is 2.56.